The smallest absolute Gasteiger partial charge is 0.270 e. The summed E-state index contributed by atoms with van der Waals surface area (Å²) < 4.78 is 0. The molecule has 1 aromatic carbocycles. The van der Waals surface area contributed by atoms with E-state index in [2.05, 4.69) is 4.90 Å². The summed E-state index contributed by atoms with van der Waals surface area (Å²) in [5.74, 6) is 0.721. The van der Waals surface area contributed by atoms with Gasteiger partial charge in [-0.25, -0.2) is 0 Å². The lowest BCUT2D eigenvalue weighted by Gasteiger charge is -2.33. The average Bonchev–Trinajstić information content (AvgIpc) is 2.90. The number of aldehydes is 1. The van der Waals surface area contributed by atoms with E-state index in [4.69, 9.17) is 0 Å². The molecule has 2 fully saturated rings. The van der Waals surface area contributed by atoms with Gasteiger partial charge in [0.25, 0.3) is 5.69 Å². The molecule has 2 aliphatic rings. The van der Waals surface area contributed by atoms with Crippen molar-refractivity contribution in [3.8, 4) is 0 Å². The fourth-order valence-electron chi connectivity index (χ4n) is 3.72. The van der Waals surface area contributed by atoms with Crippen LogP contribution in [0.4, 0.5) is 11.4 Å². The van der Waals surface area contributed by atoms with Gasteiger partial charge in [-0.1, -0.05) is 12.8 Å². The summed E-state index contributed by atoms with van der Waals surface area (Å²) in [7, 11) is 0. The van der Waals surface area contributed by atoms with E-state index in [0.29, 0.717) is 11.6 Å². The number of hydrogen-bond donors (Lipinski definition) is 0. The van der Waals surface area contributed by atoms with Gasteiger partial charge in [-0.3, -0.25) is 14.9 Å². The van der Waals surface area contributed by atoms with Crippen LogP contribution >= 0.6 is 0 Å². The summed E-state index contributed by atoms with van der Waals surface area (Å²) >= 11 is 0. The van der Waals surface area contributed by atoms with E-state index in [0.717, 1.165) is 24.4 Å². The van der Waals surface area contributed by atoms with Crippen molar-refractivity contribution in [2.24, 2.45) is 5.92 Å². The van der Waals surface area contributed by atoms with Crippen molar-refractivity contribution in [1.29, 1.82) is 0 Å². The molecule has 2 unspecified atom stereocenters. The second-order valence-corrected chi connectivity index (χ2v) is 5.71. The van der Waals surface area contributed by atoms with Crippen LogP contribution in [0.5, 0.6) is 0 Å². The van der Waals surface area contributed by atoms with Crippen molar-refractivity contribution >= 4 is 17.7 Å². The van der Waals surface area contributed by atoms with Crippen molar-refractivity contribution in [1.82, 2.24) is 0 Å². The molecular formula is C15H18N2O3. The molecule has 0 bridgehead atoms. The van der Waals surface area contributed by atoms with Crippen LogP contribution in [-0.2, 0) is 0 Å². The highest BCUT2D eigenvalue weighted by molar-refractivity contribution is 5.86. The number of carbonyl (C=O) groups is 1. The normalized spacial score (nSPS) is 25.3. The quantitative estimate of drug-likeness (QED) is 0.482. The fraction of sp³-hybridized carbons (Fsp3) is 0.533. The third-order valence-corrected chi connectivity index (χ3v) is 4.67. The lowest BCUT2D eigenvalue weighted by molar-refractivity contribution is -0.384. The lowest BCUT2D eigenvalue weighted by atomic mass is 9.85. The second kappa shape index (κ2) is 5.23. The van der Waals surface area contributed by atoms with Gasteiger partial charge in [-0.15, -0.1) is 0 Å². The van der Waals surface area contributed by atoms with Crippen LogP contribution in [0.2, 0.25) is 0 Å². The van der Waals surface area contributed by atoms with E-state index in [1.807, 2.05) is 0 Å². The molecular weight excluding hydrogens is 256 g/mol. The molecule has 1 saturated carbocycles. The molecule has 0 radical (unpaired) electrons. The van der Waals surface area contributed by atoms with Crippen molar-refractivity contribution < 1.29 is 9.72 Å². The zero-order valence-corrected chi connectivity index (χ0v) is 11.3. The lowest BCUT2D eigenvalue weighted by Crippen LogP contribution is -2.35. The number of carbonyl (C=O) groups excluding carboxylic acids is 1. The minimum absolute atomic E-state index is 0.0183. The zero-order valence-electron chi connectivity index (χ0n) is 11.3. The zero-order chi connectivity index (χ0) is 14.1. The Morgan fingerprint density at radius 2 is 2.05 bits per heavy atom. The van der Waals surface area contributed by atoms with Gasteiger partial charge in [-0.2, -0.15) is 0 Å². The molecule has 0 N–H and O–H groups in total. The van der Waals surface area contributed by atoms with Crippen LogP contribution in [0.15, 0.2) is 18.2 Å². The number of nitro groups is 1. The van der Waals surface area contributed by atoms with Gasteiger partial charge in [0.1, 0.15) is 0 Å². The number of anilines is 1. The number of nitro benzene ring substituents is 1. The third kappa shape index (κ3) is 2.17. The van der Waals surface area contributed by atoms with Crippen molar-refractivity contribution in [3.05, 3.63) is 33.9 Å². The topological polar surface area (TPSA) is 63.4 Å². The molecule has 1 aliphatic heterocycles. The summed E-state index contributed by atoms with van der Waals surface area (Å²) in [6.45, 7) is 0.952. The van der Waals surface area contributed by atoms with Crippen LogP contribution in [0.1, 0.15) is 42.5 Å². The molecule has 1 aliphatic carbocycles. The van der Waals surface area contributed by atoms with E-state index in [9.17, 15) is 14.9 Å². The Balaban J connectivity index is 1.93. The molecule has 0 spiro atoms. The van der Waals surface area contributed by atoms with Gasteiger partial charge in [0, 0.05) is 36.0 Å². The number of hydrogen-bond acceptors (Lipinski definition) is 4. The molecule has 5 heteroatoms. The third-order valence-electron chi connectivity index (χ3n) is 4.67. The van der Waals surface area contributed by atoms with Crippen LogP contribution in [-0.4, -0.2) is 23.8 Å². The molecule has 106 valence electrons. The number of rotatable bonds is 3. The van der Waals surface area contributed by atoms with E-state index in [1.165, 1.54) is 44.2 Å². The van der Waals surface area contributed by atoms with Crippen molar-refractivity contribution in [2.45, 2.75) is 38.1 Å². The summed E-state index contributed by atoms with van der Waals surface area (Å²) in [6.07, 6.45) is 6.87. The molecule has 1 saturated heterocycles. The standard InChI is InChI=1S/C15H18N2O3/c18-10-12-9-13(17(19)20)5-6-15(12)16-8-7-11-3-1-2-4-14(11)16/h5-6,9-11,14H,1-4,7-8H2. The fourth-order valence-corrected chi connectivity index (χ4v) is 3.72. The number of benzene rings is 1. The Bertz CT molecular complexity index is 544. The first-order chi connectivity index (χ1) is 9.70. The molecule has 0 amide bonds. The summed E-state index contributed by atoms with van der Waals surface area (Å²) in [5.41, 5.74) is 1.28. The Hall–Kier alpha value is -1.91. The predicted molar refractivity (Wildman–Crippen MR) is 76.2 cm³/mol. The number of fused-ring (bicyclic) bond motifs is 1. The maximum Gasteiger partial charge on any atom is 0.270 e. The van der Waals surface area contributed by atoms with Gasteiger partial charge in [0.2, 0.25) is 0 Å². The number of non-ortho nitro benzene ring substituents is 1. The maximum absolute atomic E-state index is 11.3. The minimum atomic E-state index is -0.454. The Labute approximate surface area is 117 Å². The van der Waals surface area contributed by atoms with E-state index >= 15 is 0 Å². The van der Waals surface area contributed by atoms with Gasteiger partial charge < -0.3 is 4.90 Å². The monoisotopic (exact) mass is 274 g/mol. The van der Waals surface area contributed by atoms with E-state index < -0.39 is 4.92 Å². The van der Waals surface area contributed by atoms with E-state index in [-0.39, 0.29) is 5.69 Å². The molecule has 5 nitrogen and oxygen atoms in total. The molecule has 1 aromatic rings. The van der Waals surface area contributed by atoms with Crippen LogP contribution in [0.25, 0.3) is 0 Å². The van der Waals surface area contributed by atoms with Crippen LogP contribution in [0.3, 0.4) is 0 Å². The first kappa shape index (κ1) is 13.1. The molecule has 3 rings (SSSR count). The van der Waals surface area contributed by atoms with Crippen molar-refractivity contribution in [2.75, 3.05) is 11.4 Å². The molecule has 0 aromatic heterocycles. The Morgan fingerprint density at radius 3 is 2.80 bits per heavy atom. The van der Waals surface area contributed by atoms with Crippen molar-refractivity contribution in [3.63, 3.8) is 0 Å². The highest BCUT2D eigenvalue weighted by atomic mass is 16.6. The van der Waals surface area contributed by atoms with E-state index in [1.54, 1.807) is 6.07 Å². The SMILES string of the molecule is O=Cc1cc([N+](=O)[O-])ccc1N1CCC2CCCCC21. The van der Waals surface area contributed by atoms with Gasteiger partial charge in [0.05, 0.1) is 4.92 Å². The first-order valence-electron chi connectivity index (χ1n) is 7.21. The average molecular weight is 274 g/mol. The van der Waals surface area contributed by atoms with Crippen LogP contribution < -0.4 is 4.90 Å². The number of nitrogens with zero attached hydrogens (tertiary/aromatic N) is 2. The largest absolute Gasteiger partial charge is 0.368 e. The highest BCUT2D eigenvalue weighted by Gasteiger charge is 2.36. The highest BCUT2D eigenvalue weighted by Crippen LogP contribution is 2.40. The Morgan fingerprint density at radius 1 is 1.25 bits per heavy atom. The first-order valence-corrected chi connectivity index (χ1v) is 7.21. The van der Waals surface area contributed by atoms with Gasteiger partial charge in [-0.05, 0) is 31.2 Å². The Kier molecular flexibility index (Phi) is 3.42. The maximum atomic E-state index is 11.3. The molecule has 2 atom stereocenters. The summed E-state index contributed by atoms with van der Waals surface area (Å²) in [4.78, 5) is 23.9. The van der Waals surface area contributed by atoms with Gasteiger partial charge >= 0.3 is 0 Å². The summed E-state index contributed by atoms with van der Waals surface area (Å²) in [6, 6.07) is 5.12. The summed E-state index contributed by atoms with van der Waals surface area (Å²) in [5, 5.41) is 10.8. The molecule has 20 heavy (non-hydrogen) atoms. The minimum Gasteiger partial charge on any atom is -0.368 e. The second-order valence-electron chi connectivity index (χ2n) is 5.71. The predicted octanol–water partition coefficient (Wildman–Crippen LogP) is 3.18. The van der Waals surface area contributed by atoms with Gasteiger partial charge in [0.15, 0.2) is 6.29 Å². The molecule has 1 heterocycles. The van der Waals surface area contributed by atoms with Crippen LogP contribution in [0, 0.1) is 16.0 Å².